The normalized spacial score (nSPS) is 21.8. The van der Waals surface area contributed by atoms with Crippen LogP contribution in [-0.4, -0.2) is 49.7 Å². The molecule has 2 heterocycles. The summed E-state index contributed by atoms with van der Waals surface area (Å²) < 4.78 is 5.78. The minimum atomic E-state index is 0.186. The lowest BCUT2D eigenvalue weighted by atomic mass is 9.96. The van der Waals surface area contributed by atoms with Gasteiger partial charge in [0.15, 0.2) is 0 Å². The van der Waals surface area contributed by atoms with E-state index in [0.717, 1.165) is 64.9 Å². The molecule has 2 aliphatic heterocycles. The van der Waals surface area contributed by atoms with Gasteiger partial charge in [0, 0.05) is 25.6 Å². The van der Waals surface area contributed by atoms with Gasteiger partial charge in [0.2, 0.25) is 5.91 Å². The molecule has 4 heteroatoms. The van der Waals surface area contributed by atoms with Crippen LogP contribution in [0.3, 0.4) is 0 Å². The lowest BCUT2D eigenvalue weighted by Crippen LogP contribution is -2.44. The molecule has 1 amide bonds. The van der Waals surface area contributed by atoms with Gasteiger partial charge in [0.25, 0.3) is 0 Å². The van der Waals surface area contributed by atoms with Crippen molar-refractivity contribution in [3.05, 3.63) is 35.4 Å². The number of nitrogens with zero attached hydrogens (tertiary/aromatic N) is 1. The second-order valence-electron chi connectivity index (χ2n) is 7.18. The molecule has 2 fully saturated rings. The van der Waals surface area contributed by atoms with Crippen LogP contribution >= 0.6 is 0 Å². The Morgan fingerprint density at radius 1 is 1.21 bits per heavy atom. The molecular formula is C20H30N2O2. The molecular weight excluding hydrogens is 300 g/mol. The lowest BCUT2D eigenvalue weighted by molar-refractivity contribution is -0.137. The number of ether oxygens (including phenoxy) is 1. The summed E-state index contributed by atoms with van der Waals surface area (Å²) in [6.45, 7) is 6.43. The predicted molar refractivity (Wildman–Crippen MR) is 96.0 cm³/mol. The van der Waals surface area contributed by atoms with Crippen LogP contribution in [0.2, 0.25) is 0 Å². The first kappa shape index (κ1) is 17.4. The number of hydrogen-bond donors (Lipinski definition) is 1. The Morgan fingerprint density at radius 2 is 1.96 bits per heavy atom. The van der Waals surface area contributed by atoms with Crippen molar-refractivity contribution < 1.29 is 9.53 Å². The molecule has 1 N–H and O–H groups in total. The standard InChI is InChI=1S/C20H30N2O2/c1-16-4-6-17(7-5-16)10-13-22(15-19-3-2-14-24-19)20(23)18-8-11-21-12-9-18/h4-7,18-19,21H,2-3,8-15H2,1H3. The zero-order valence-corrected chi connectivity index (χ0v) is 14.8. The highest BCUT2D eigenvalue weighted by Crippen LogP contribution is 2.19. The zero-order valence-electron chi connectivity index (χ0n) is 14.8. The summed E-state index contributed by atoms with van der Waals surface area (Å²) in [5, 5.41) is 3.35. The van der Waals surface area contributed by atoms with E-state index < -0.39 is 0 Å². The topological polar surface area (TPSA) is 41.6 Å². The largest absolute Gasteiger partial charge is 0.376 e. The minimum absolute atomic E-state index is 0.186. The number of benzene rings is 1. The Kier molecular flexibility index (Phi) is 6.27. The summed E-state index contributed by atoms with van der Waals surface area (Å²) in [7, 11) is 0. The monoisotopic (exact) mass is 330 g/mol. The fourth-order valence-electron chi connectivity index (χ4n) is 3.67. The van der Waals surface area contributed by atoms with Crippen molar-refractivity contribution >= 4 is 5.91 Å². The van der Waals surface area contributed by atoms with E-state index in [4.69, 9.17) is 4.74 Å². The quantitative estimate of drug-likeness (QED) is 0.871. The van der Waals surface area contributed by atoms with E-state index in [9.17, 15) is 4.79 Å². The maximum Gasteiger partial charge on any atom is 0.225 e. The van der Waals surface area contributed by atoms with Gasteiger partial charge in [-0.25, -0.2) is 0 Å². The molecule has 0 aliphatic carbocycles. The van der Waals surface area contributed by atoms with Crippen LogP contribution in [0, 0.1) is 12.8 Å². The van der Waals surface area contributed by atoms with Crippen molar-refractivity contribution in [1.82, 2.24) is 10.2 Å². The number of amides is 1. The van der Waals surface area contributed by atoms with Crippen LogP contribution in [0.1, 0.15) is 36.8 Å². The highest BCUT2D eigenvalue weighted by molar-refractivity contribution is 5.79. The van der Waals surface area contributed by atoms with Crippen LogP contribution in [-0.2, 0) is 16.0 Å². The third-order valence-corrected chi connectivity index (χ3v) is 5.24. The predicted octanol–water partition coefficient (Wildman–Crippen LogP) is 2.54. The van der Waals surface area contributed by atoms with E-state index in [1.54, 1.807) is 0 Å². The summed E-state index contributed by atoms with van der Waals surface area (Å²) >= 11 is 0. The molecule has 1 atom stereocenters. The molecule has 1 unspecified atom stereocenters. The first-order chi connectivity index (χ1) is 11.7. The second-order valence-corrected chi connectivity index (χ2v) is 7.18. The van der Waals surface area contributed by atoms with Crippen molar-refractivity contribution in [3.63, 3.8) is 0 Å². The molecule has 2 aliphatic rings. The van der Waals surface area contributed by atoms with Crippen molar-refractivity contribution in [2.24, 2.45) is 5.92 Å². The molecule has 24 heavy (non-hydrogen) atoms. The van der Waals surface area contributed by atoms with E-state index in [1.165, 1.54) is 11.1 Å². The molecule has 3 rings (SSSR count). The summed E-state index contributed by atoms with van der Waals surface area (Å²) in [5.74, 6) is 0.518. The van der Waals surface area contributed by atoms with Gasteiger partial charge in [-0.2, -0.15) is 0 Å². The molecule has 132 valence electrons. The highest BCUT2D eigenvalue weighted by Gasteiger charge is 2.28. The molecule has 0 spiro atoms. The molecule has 0 bridgehead atoms. The molecule has 2 saturated heterocycles. The number of rotatable bonds is 6. The van der Waals surface area contributed by atoms with Crippen LogP contribution < -0.4 is 5.32 Å². The van der Waals surface area contributed by atoms with Gasteiger partial charge in [-0.1, -0.05) is 29.8 Å². The molecule has 0 radical (unpaired) electrons. The molecule has 4 nitrogen and oxygen atoms in total. The van der Waals surface area contributed by atoms with Gasteiger partial charge in [-0.3, -0.25) is 4.79 Å². The van der Waals surface area contributed by atoms with Crippen molar-refractivity contribution in [2.75, 3.05) is 32.8 Å². The number of carbonyl (C=O) groups excluding carboxylic acids is 1. The Morgan fingerprint density at radius 3 is 2.62 bits per heavy atom. The number of hydrogen-bond acceptors (Lipinski definition) is 3. The van der Waals surface area contributed by atoms with Crippen LogP contribution in [0.5, 0.6) is 0 Å². The Bertz CT molecular complexity index is 517. The first-order valence-corrected chi connectivity index (χ1v) is 9.39. The number of nitrogens with one attached hydrogen (secondary N) is 1. The van der Waals surface area contributed by atoms with Gasteiger partial charge in [0.1, 0.15) is 0 Å². The first-order valence-electron chi connectivity index (χ1n) is 9.39. The highest BCUT2D eigenvalue weighted by atomic mass is 16.5. The van der Waals surface area contributed by atoms with Crippen LogP contribution in [0.4, 0.5) is 0 Å². The third-order valence-electron chi connectivity index (χ3n) is 5.24. The Hall–Kier alpha value is -1.39. The molecule has 0 aromatic heterocycles. The third kappa shape index (κ3) is 4.81. The van der Waals surface area contributed by atoms with Crippen molar-refractivity contribution in [3.8, 4) is 0 Å². The summed E-state index contributed by atoms with van der Waals surface area (Å²) in [6, 6.07) is 8.64. The second kappa shape index (κ2) is 8.63. The van der Waals surface area contributed by atoms with Gasteiger partial charge in [-0.15, -0.1) is 0 Å². The van der Waals surface area contributed by atoms with E-state index in [0.29, 0.717) is 5.91 Å². The number of carbonyl (C=O) groups is 1. The summed E-state index contributed by atoms with van der Waals surface area (Å²) in [5.41, 5.74) is 2.58. The van der Waals surface area contributed by atoms with E-state index >= 15 is 0 Å². The SMILES string of the molecule is Cc1ccc(CCN(CC2CCCO2)C(=O)C2CCNCC2)cc1. The Labute approximate surface area is 145 Å². The fourth-order valence-corrected chi connectivity index (χ4v) is 3.67. The maximum atomic E-state index is 13.0. The van der Waals surface area contributed by atoms with E-state index in [1.807, 2.05) is 0 Å². The Balaban J connectivity index is 1.61. The number of aryl methyl sites for hydroxylation is 1. The smallest absolute Gasteiger partial charge is 0.225 e. The van der Waals surface area contributed by atoms with Crippen molar-refractivity contribution in [1.29, 1.82) is 0 Å². The van der Waals surface area contributed by atoms with Gasteiger partial charge in [0.05, 0.1) is 6.10 Å². The fraction of sp³-hybridized carbons (Fsp3) is 0.650. The average molecular weight is 330 g/mol. The van der Waals surface area contributed by atoms with E-state index in [2.05, 4.69) is 41.4 Å². The minimum Gasteiger partial charge on any atom is -0.376 e. The number of piperidine rings is 1. The summed E-state index contributed by atoms with van der Waals surface area (Å²) in [4.78, 5) is 15.1. The lowest BCUT2D eigenvalue weighted by Gasteiger charge is -2.31. The van der Waals surface area contributed by atoms with Gasteiger partial charge < -0.3 is 15.0 Å². The zero-order chi connectivity index (χ0) is 16.8. The molecule has 1 aromatic carbocycles. The van der Waals surface area contributed by atoms with E-state index in [-0.39, 0.29) is 12.0 Å². The molecule has 0 saturated carbocycles. The van der Waals surface area contributed by atoms with Crippen molar-refractivity contribution in [2.45, 2.75) is 45.1 Å². The van der Waals surface area contributed by atoms with Crippen LogP contribution in [0.15, 0.2) is 24.3 Å². The van der Waals surface area contributed by atoms with Crippen LogP contribution in [0.25, 0.3) is 0 Å². The molecule has 1 aromatic rings. The summed E-state index contributed by atoms with van der Waals surface area (Å²) in [6.07, 6.45) is 5.28. The van der Waals surface area contributed by atoms with Gasteiger partial charge in [-0.05, 0) is 57.7 Å². The van der Waals surface area contributed by atoms with Gasteiger partial charge >= 0.3 is 0 Å². The maximum absolute atomic E-state index is 13.0. The average Bonchev–Trinajstić information content (AvgIpc) is 3.13.